The molecule has 0 spiro atoms. The van der Waals surface area contributed by atoms with Crippen LogP contribution in [-0.4, -0.2) is 27.7 Å². The molecule has 1 aliphatic rings. The van der Waals surface area contributed by atoms with Crippen molar-refractivity contribution < 1.29 is 5.11 Å². The molecule has 0 aliphatic heterocycles. The predicted molar refractivity (Wildman–Crippen MR) is 105 cm³/mol. The average molecular weight is 349 g/mol. The van der Waals surface area contributed by atoms with Gasteiger partial charge in [0.25, 0.3) is 0 Å². The molecule has 2 aromatic rings. The Bertz CT molecular complexity index is 844. The van der Waals surface area contributed by atoms with Crippen LogP contribution in [-0.2, 0) is 0 Å². The average Bonchev–Trinajstić information content (AvgIpc) is 3.41. The predicted octanol–water partition coefficient (Wildman–Crippen LogP) is 2.97. The zero-order valence-corrected chi connectivity index (χ0v) is 14.5. The molecule has 1 saturated carbocycles. The molecule has 0 bridgehead atoms. The molecule has 1 heterocycles. The Morgan fingerprint density at radius 1 is 1.38 bits per heavy atom. The summed E-state index contributed by atoms with van der Waals surface area (Å²) in [6, 6.07) is 11.7. The topological polar surface area (TPSA) is 99.3 Å². The number of benzene rings is 1. The Morgan fingerprint density at radius 3 is 2.85 bits per heavy atom. The van der Waals surface area contributed by atoms with Crippen molar-refractivity contribution in [2.75, 3.05) is 6.61 Å². The highest BCUT2D eigenvalue weighted by Gasteiger charge is 2.25. The van der Waals surface area contributed by atoms with E-state index in [2.05, 4.69) is 27.1 Å². The number of hydrogen-bond acceptors (Lipinski definition) is 4. The molecule has 1 aliphatic carbocycles. The second-order valence-corrected chi connectivity index (χ2v) is 6.13. The largest absolute Gasteiger partial charge is 0.392 e. The number of aromatic amines is 1. The molecule has 0 saturated heterocycles. The number of amidine groups is 1. The van der Waals surface area contributed by atoms with Gasteiger partial charge in [0.15, 0.2) is 5.82 Å². The van der Waals surface area contributed by atoms with Crippen molar-refractivity contribution in [2.45, 2.75) is 18.8 Å². The minimum Gasteiger partial charge on any atom is -0.392 e. The number of rotatable bonds is 8. The third kappa shape index (κ3) is 4.70. The molecule has 1 aromatic carbocycles. The van der Waals surface area contributed by atoms with Gasteiger partial charge in [-0.15, -0.1) is 0 Å². The van der Waals surface area contributed by atoms with E-state index >= 15 is 0 Å². The van der Waals surface area contributed by atoms with E-state index in [1.165, 1.54) is 12.8 Å². The van der Waals surface area contributed by atoms with Gasteiger partial charge in [-0.05, 0) is 18.4 Å². The first-order valence-corrected chi connectivity index (χ1v) is 8.55. The quantitative estimate of drug-likeness (QED) is 0.334. The molecule has 1 fully saturated rings. The Kier molecular flexibility index (Phi) is 5.66. The molecule has 0 radical (unpaired) electrons. The number of aliphatic imine (C=N–C) groups is 1. The van der Waals surface area contributed by atoms with Crippen LogP contribution in [0, 0.1) is 0 Å². The number of hydrogen-bond donors (Lipinski definition) is 4. The molecule has 0 amide bonds. The highest BCUT2D eigenvalue weighted by Crippen LogP contribution is 2.39. The van der Waals surface area contributed by atoms with Crippen molar-refractivity contribution in [3.8, 4) is 0 Å². The van der Waals surface area contributed by atoms with Gasteiger partial charge in [-0.3, -0.25) is 5.10 Å². The summed E-state index contributed by atoms with van der Waals surface area (Å²) in [7, 11) is 0. The monoisotopic (exact) mass is 349 g/mol. The van der Waals surface area contributed by atoms with E-state index in [9.17, 15) is 0 Å². The number of aliphatic hydroxyl groups is 1. The summed E-state index contributed by atoms with van der Waals surface area (Å²) in [6.45, 7) is 3.94. The lowest BCUT2D eigenvalue weighted by molar-refractivity contribution is 0.342. The number of aromatic nitrogens is 2. The van der Waals surface area contributed by atoms with Crippen LogP contribution in [0.4, 0.5) is 5.82 Å². The third-order valence-corrected chi connectivity index (χ3v) is 4.06. The fourth-order valence-electron chi connectivity index (χ4n) is 2.45. The van der Waals surface area contributed by atoms with Crippen LogP contribution < -0.4 is 11.1 Å². The highest BCUT2D eigenvalue weighted by atomic mass is 16.2. The SMILES string of the molecule is C=C(NC=C(/C=C/CO)C(N)=Nc1cc(C2CC2)[nH]n1)c1ccccc1. The van der Waals surface area contributed by atoms with Crippen LogP contribution in [0.1, 0.15) is 30.0 Å². The summed E-state index contributed by atoms with van der Waals surface area (Å²) in [4.78, 5) is 4.38. The third-order valence-electron chi connectivity index (χ3n) is 4.06. The van der Waals surface area contributed by atoms with Crippen LogP contribution in [0.5, 0.6) is 0 Å². The molecule has 3 rings (SSSR count). The van der Waals surface area contributed by atoms with E-state index < -0.39 is 0 Å². The second kappa shape index (κ2) is 8.31. The molecule has 6 nitrogen and oxygen atoms in total. The van der Waals surface area contributed by atoms with Crippen molar-refractivity contribution in [3.05, 3.63) is 78.2 Å². The zero-order valence-electron chi connectivity index (χ0n) is 14.5. The van der Waals surface area contributed by atoms with Gasteiger partial charge in [0, 0.05) is 35.1 Å². The molecule has 0 unspecified atom stereocenters. The molecule has 5 N–H and O–H groups in total. The standard InChI is InChI=1S/C20H23N5O/c1-14(15-6-3-2-4-7-15)22-13-17(8-5-11-26)20(21)23-19-12-18(24-25-19)16-9-10-16/h2-8,12-13,16,22,26H,1,9-11H2,(H3,21,23,24,25)/b8-5+,17-13?. The Morgan fingerprint density at radius 2 is 2.15 bits per heavy atom. The fraction of sp³-hybridized carbons (Fsp3) is 0.200. The summed E-state index contributed by atoms with van der Waals surface area (Å²) in [5, 5.41) is 19.4. The molecule has 0 atom stereocenters. The van der Waals surface area contributed by atoms with Crippen molar-refractivity contribution in [2.24, 2.45) is 10.7 Å². The van der Waals surface area contributed by atoms with Gasteiger partial charge in [0.05, 0.1) is 6.61 Å². The smallest absolute Gasteiger partial charge is 0.175 e. The van der Waals surface area contributed by atoms with Gasteiger partial charge in [0.1, 0.15) is 5.84 Å². The zero-order chi connectivity index (χ0) is 18.4. The molecule has 6 heteroatoms. The number of aliphatic hydroxyl groups excluding tert-OH is 1. The number of H-pyrrole nitrogens is 1. The van der Waals surface area contributed by atoms with Crippen LogP contribution in [0.3, 0.4) is 0 Å². The Hall–Kier alpha value is -3.12. The normalized spacial score (nSPS) is 15.4. The molecular weight excluding hydrogens is 326 g/mol. The molecule has 26 heavy (non-hydrogen) atoms. The van der Waals surface area contributed by atoms with Crippen LogP contribution in [0.15, 0.2) is 71.9 Å². The highest BCUT2D eigenvalue weighted by molar-refractivity contribution is 6.00. The van der Waals surface area contributed by atoms with Crippen molar-refractivity contribution >= 4 is 17.4 Å². The molecular formula is C20H23N5O. The maximum atomic E-state index is 9.06. The fourth-order valence-corrected chi connectivity index (χ4v) is 2.45. The minimum atomic E-state index is -0.0848. The number of nitrogens with two attached hydrogens (primary N) is 1. The van der Waals surface area contributed by atoms with E-state index in [-0.39, 0.29) is 6.61 Å². The van der Waals surface area contributed by atoms with E-state index in [1.54, 1.807) is 18.4 Å². The van der Waals surface area contributed by atoms with Crippen molar-refractivity contribution in [3.63, 3.8) is 0 Å². The maximum absolute atomic E-state index is 9.06. The van der Waals surface area contributed by atoms with Crippen molar-refractivity contribution in [1.82, 2.24) is 15.5 Å². The lowest BCUT2D eigenvalue weighted by Gasteiger charge is -2.07. The summed E-state index contributed by atoms with van der Waals surface area (Å²) in [5.41, 5.74) is 9.59. The first-order valence-electron chi connectivity index (χ1n) is 8.55. The van der Waals surface area contributed by atoms with Gasteiger partial charge < -0.3 is 16.2 Å². The lowest BCUT2D eigenvalue weighted by Crippen LogP contribution is -2.16. The Balaban J connectivity index is 1.76. The van der Waals surface area contributed by atoms with Gasteiger partial charge >= 0.3 is 0 Å². The van der Waals surface area contributed by atoms with Gasteiger partial charge in [0.2, 0.25) is 0 Å². The van der Waals surface area contributed by atoms with Crippen LogP contribution in [0.2, 0.25) is 0 Å². The number of nitrogens with one attached hydrogen (secondary N) is 2. The summed E-state index contributed by atoms with van der Waals surface area (Å²) in [5.74, 6) is 1.43. The minimum absolute atomic E-state index is 0.0848. The first-order chi connectivity index (χ1) is 12.7. The number of nitrogens with zero attached hydrogens (tertiary/aromatic N) is 2. The van der Waals surface area contributed by atoms with Crippen molar-refractivity contribution in [1.29, 1.82) is 0 Å². The summed E-state index contributed by atoms with van der Waals surface area (Å²) in [6.07, 6.45) is 7.40. The van der Waals surface area contributed by atoms with E-state index in [0.29, 0.717) is 23.1 Å². The molecule has 134 valence electrons. The second-order valence-electron chi connectivity index (χ2n) is 6.13. The van der Waals surface area contributed by atoms with E-state index in [0.717, 1.165) is 17.0 Å². The van der Waals surface area contributed by atoms with Gasteiger partial charge in [-0.25, -0.2) is 4.99 Å². The van der Waals surface area contributed by atoms with Gasteiger partial charge in [-0.1, -0.05) is 49.1 Å². The summed E-state index contributed by atoms with van der Waals surface area (Å²) >= 11 is 0. The summed E-state index contributed by atoms with van der Waals surface area (Å²) < 4.78 is 0. The van der Waals surface area contributed by atoms with Gasteiger partial charge in [-0.2, -0.15) is 5.10 Å². The first kappa shape index (κ1) is 17.7. The van der Waals surface area contributed by atoms with Crippen LogP contribution in [0.25, 0.3) is 5.70 Å². The van der Waals surface area contributed by atoms with E-state index in [1.807, 2.05) is 36.4 Å². The van der Waals surface area contributed by atoms with E-state index in [4.69, 9.17) is 10.8 Å². The van der Waals surface area contributed by atoms with Crippen LogP contribution >= 0.6 is 0 Å². The Labute approximate surface area is 152 Å². The lowest BCUT2D eigenvalue weighted by atomic mass is 10.1. The molecule has 1 aromatic heterocycles. The maximum Gasteiger partial charge on any atom is 0.175 e.